The number of likely N-dealkylation sites (N-methyl/N-ethyl adjacent to an activating group) is 1. The molecular formula is C23H29N. The minimum absolute atomic E-state index is 0.480. The van der Waals surface area contributed by atoms with Crippen LogP contribution in [0.3, 0.4) is 0 Å². The van der Waals surface area contributed by atoms with Crippen LogP contribution in [0.2, 0.25) is 0 Å². The molecule has 0 saturated heterocycles. The molecule has 0 bridgehead atoms. The molecule has 0 aliphatic heterocycles. The van der Waals surface area contributed by atoms with Crippen molar-refractivity contribution in [2.75, 3.05) is 7.05 Å². The van der Waals surface area contributed by atoms with Crippen molar-refractivity contribution in [1.29, 1.82) is 0 Å². The molecule has 0 fully saturated rings. The number of nitrogens with zero attached hydrogens (tertiary/aromatic N) is 1. The number of hydrogen-bond acceptors (Lipinski definition) is 1. The normalized spacial score (nSPS) is 25.0. The molecule has 126 valence electrons. The van der Waals surface area contributed by atoms with Gasteiger partial charge in [0.25, 0.3) is 0 Å². The summed E-state index contributed by atoms with van der Waals surface area (Å²) in [6.07, 6.45) is 25.4. The fraction of sp³-hybridized carbons (Fsp3) is 0.391. The van der Waals surface area contributed by atoms with Gasteiger partial charge >= 0.3 is 0 Å². The first-order chi connectivity index (χ1) is 11.6. The fourth-order valence-electron chi connectivity index (χ4n) is 3.59. The fourth-order valence-corrected chi connectivity index (χ4v) is 3.59. The first-order valence-corrected chi connectivity index (χ1v) is 9.22. The Morgan fingerprint density at radius 1 is 1.08 bits per heavy atom. The molecule has 3 aliphatic carbocycles. The molecule has 1 unspecified atom stereocenters. The molecule has 24 heavy (non-hydrogen) atoms. The molecule has 0 heterocycles. The lowest BCUT2D eigenvalue weighted by Gasteiger charge is -2.24. The second-order valence-electron chi connectivity index (χ2n) is 7.04. The Hall–Kier alpha value is -2.02. The summed E-state index contributed by atoms with van der Waals surface area (Å²) in [5.41, 5.74) is 6.77. The van der Waals surface area contributed by atoms with Crippen molar-refractivity contribution in [3.8, 4) is 0 Å². The van der Waals surface area contributed by atoms with Gasteiger partial charge in [-0.25, -0.2) is 0 Å². The Morgan fingerprint density at radius 3 is 2.83 bits per heavy atom. The molecule has 3 aliphatic rings. The molecule has 0 saturated carbocycles. The van der Waals surface area contributed by atoms with E-state index < -0.39 is 0 Å². The summed E-state index contributed by atoms with van der Waals surface area (Å²) in [5.74, 6) is 0.480. The van der Waals surface area contributed by atoms with Crippen molar-refractivity contribution in [3.05, 3.63) is 83.3 Å². The Morgan fingerprint density at radius 2 is 1.96 bits per heavy atom. The third-order valence-corrected chi connectivity index (χ3v) is 5.23. The van der Waals surface area contributed by atoms with Gasteiger partial charge in [-0.1, -0.05) is 61.6 Å². The van der Waals surface area contributed by atoms with E-state index in [0.29, 0.717) is 5.92 Å². The van der Waals surface area contributed by atoms with Crippen LogP contribution < -0.4 is 0 Å². The van der Waals surface area contributed by atoms with E-state index in [1.54, 1.807) is 11.1 Å². The average molecular weight is 319 g/mol. The van der Waals surface area contributed by atoms with Gasteiger partial charge < -0.3 is 4.90 Å². The molecule has 0 N–H and O–H groups in total. The summed E-state index contributed by atoms with van der Waals surface area (Å²) in [6.45, 7) is 6.61. The minimum atomic E-state index is 0.480. The summed E-state index contributed by atoms with van der Waals surface area (Å²) in [7, 11) is 2.14. The lowest BCUT2D eigenvalue weighted by molar-refractivity contribution is 0.548. The van der Waals surface area contributed by atoms with E-state index in [2.05, 4.69) is 74.1 Å². The summed E-state index contributed by atoms with van der Waals surface area (Å²) in [4.78, 5) is 2.24. The first-order valence-electron chi connectivity index (χ1n) is 9.22. The maximum Gasteiger partial charge on any atom is 0.0405 e. The number of rotatable bonds is 3. The smallest absolute Gasteiger partial charge is 0.0405 e. The van der Waals surface area contributed by atoms with Gasteiger partial charge in [-0.3, -0.25) is 0 Å². The predicted octanol–water partition coefficient (Wildman–Crippen LogP) is 6.22. The van der Waals surface area contributed by atoms with Crippen LogP contribution in [0.25, 0.3) is 0 Å². The number of allylic oxidation sites excluding steroid dienone is 10. The van der Waals surface area contributed by atoms with Crippen LogP contribution in [0.5, 0.6) is 0 Å². The van der Waals surface area contributed by atoms with Gasteiger partial charge in [-0.2, -0.15) is 0 Å². The Bertz CT molecular complexity index is 679. The van der Waals surface area contributed by atoms with Crippen LogP contribution in [0.1, 0.15) is 45.4 Å². The number of hydrogen-bond donors (Lipinski definition) is 0. The van der Waals surface area contributed by atoms with Gasteiger partial charge in [-0.15, -0.1) is 0 Å². The van der Waals surface area contributed by atoms with Gasteiger partial charge in [0.2, 0.25) is 0 Å². The molecular weight excluding hydrogens is 290 g/mol. The largest absolute Gasteiger partial charge is 0.345 e. The standard InChI is InChI=1S/C23H29N/c1-18-8-5-4-6-9-20(13-12-18)19(2)24(3)23-16-14-21-10-7-11-22(21)15-17-23/h5,8-9,12-14,16-18H,2,4,6-7,10-11,15H2,1,3H3/b8-5-,13-12?,20-9?. The highest BCUT2D eigenvalue weighted by molar-refractivity contribution is 5.44. The molecule has 1 nitrogen and oxygen atoms in total. The van der Waals surface area contributed by atoms with Crippen LogP contribution in [-0.4, -0.2) is 11.9 Å². The average Bonchev–Trinajstić information content (AvgIpc) is 2.98. The van der Waals surface area contributed by atoms with Crippen molar-refractivity contribution >= 4 is 0 Å². The van der Waals surface area contributed by atoms with E-state index in [9.17, 15) is 0 Å². The van der Waals surface area contributed by atoms with Gasteiger partial charge in [-0.05, 0) is 61.7 Å². The summed E-state index contributed by atoms with van der Waals surface area (Å²) < 4.78 is 0. The highest BCUT2D eigenvalue weighted by atomic mass is 15.1. The van der Waals surface area contributed by atoms with Crippen molar-refractivity contribution in [2.45, 2.75) is 45.4 Å². The lowest BCUT2D eigenvalue weighted by Crippen LogP contribution is -2.16. The SMILES string of the molecule is C=C(C1=CCC/C=C\C(C)C=C1)N(C)C1=CCC2=C(C=C1)CCC2. The third kappa shape index (κ3) is 3.90. The third-order valence-electron chi connectivity index (χ3n) is 5.23. The van der Waals surface area contributed by atoms with Crippen LogP contribution in [0.4, 0.5) is 0 Å². The molecule has 0 aromatic rings. The zero-order valence-electron chi connectivity index (χ0n) is 15.1. The van der Waals surface area contributed by atoms with Crippen LogP contribution in [-0.2, 0) is 0 Å². The summed E-state index contributed by atoms with van der Waals surface area (Å²) >= 11 is 0. The van der Waals surface area contributed by atoms with E-state index in [0.717, 1.165) is 25.0 Å². The maximum atomic E-state index is 4.38. The maximum absolute atomic E-state index is 4.38. The first kappa shape index (κ1) is 16.8. The topological polar surface area (TPSA) is 3.24 Å². The predicted molar refractivity (Wildman–Crippen MR) is 104 cm³/mol. The highest BCUT2D eigenvalue weighted by Gasteiger charge is 2.16. The van der Waals surface area contributed by atoms with E-state index >= 15 is 0 Å². The lowest BCUT2D eigenvalue weighted by atomic mass is 10.1. The zero-order chi connectivity index (χ0) is 16.9. The van der Waals surface area contributed by atoms with Gasteiger partial charge in [0, 0.05) is 18.4 Å². The molecule has 0 aromatic carbocycles. The van der Waals surface area contributed by atoms with Crippen LogP contribution in [0, 0.1) is 5.92 Å². The Balaban J connectivity index is 1.75. The van der Waals surface area contributed by atoms with Crippen molar-refractivity contribution in [3.63, 3.8) is 0 Å². The Labute approximate surface area is 147 Å². The zero-order valence-corrected chi connectivity index (χ0v) is 15.1. The Kier molecular flexibility index (Phi) is 5.40. The molecule has 1 heteroatoms. The van der Waals surface area contributed by atoms with Crippen molar-refractivity contribution < 1.29 is 0 Å². The van der Waals surface area contributed by atoms with Crippen molar-refractivity contribution in [1.82, 2.24) is 4.90 Å². The van der Waals surface area contributed by atoms with E-state index in [4.69, 9.17) is 0 Å². The van der Waals surface area contributed by atoms with Crippen LogP contribution in [0.15, 0.2) is 83.3 Å². The summed E-state index contributed by atoms with van der Waals surface area (Å²) in [5, 5.41) is 0. The molecule has 0 spiro atoms. The van der Waals surface area contributed by atoms with E-state index in [1.165, 1.54) is 30.5 Å². The molecule has 1 atom stereocenters. The van der Waals surface area contributed by atoms with Gasteiger partial charge in [0.15, 0.2) is 0 Å². The van der Waals surface area contributed by atoms with E-state index in [-0.39, 0.29) is 0 Å². The second-order valence-corrected chi connectivity index (χ2v) is 7.04. The molecule has 0 amide bonds. The van der Waals surface area contributed by atoms with Gasteiger partial charge in [0.05, 0.1) is 0 Å². The molecule has 3 rings (SSSR count). The second kappa shape index (κ2) is 7.70. The monoisotopic (exact) mass is 319 g/mol. The highest BCUT2D eigenvalue weighted by Crippen LogP contribution is 2.33. The van der Waals surface area contributed by atoms with E-state index in [1.807, 2.05) is 0 Å². The molecule has 0 aromatic heterocycles. The van der Waals surface area contributed by atoms with Crippen LogP contribution >= 0.6 is 0 Å². The van der Waals surface area contributed by atoms with Gasteiger partial charge in [0.1, 0.15) is 0 Å². The minimum Gasteiger partial charge on any atom is -0.345 e. The summed E-state index contributed by atoms with van der Waals surface area (Å²) in [6, 6.07) is 0. The van der Waals surface area contributed by atoms with Crippen molar-refractivity contribution in [2.24, 2.45) is 5.92 Å². The molecule has 0 radical (unpaired) electrons. The quantitative estimate of drug-likeness (QED) is 0.558.